The highest BCUT2D eigenvalue weighted by atomic mass is 32.2. The summed E-state index contributed by atoms with van der Waals surface area (Å²) in [6, 6.07) is 26.7. The Balaban J connectivity index is 1.14. The normalized spacial score (nSPS) is 15.9. The van der Waals surface area contributed by atoms with Crippen LogP contribution in [0.25, 0.3) is 22.0 Å². The van der Waals surface area contributed by atoms with E-state index in [0.29, 0.717) is 33.3 Å². The molecule has 1 aliphatic heterocycles. The highest BCUT2D eigenvalue weighted by Crippen LogP contribution is 2.27. The number of aromatic nitrogens is 1. The summed E-state index contributed by atoms with van der Waals surface area (Å²) in [5.41, 5.74) is 5.70. The molecular formula is C36H30N6S2. The summed E-state index contributed by atoms with van der Waals surface area (Å²) < 4.78 is 0. The van der Waals surface area contributed by atoms with Gasteiger partial charge in [0.1, 0.15) is 21.2 Å². The summed E-state index contributed by atoms with van der Waals surface area (Å²) in [7, 11) is 0. The maximum absolute atomic E-state index is 8.76. The zero-order valence-electron chi connectivity index (χ0n) is 23.9. The standard InChI is InChI=1S/C36H30N6S2/c37-33(43-35(39)31-15-7-13-29(41-31)24-9-3-1-4-10-24)26-19-17-23-18-20-27(22-28(23)21-26)34(38)44-36(40)32-16-8-14-30(42-32)25-11-5-2-6-12-25/h1,3-5,7-15,17-22,32,37-40H,2,6,16H2. The van der Waals surface area contributed by atoms with Crippen molar-refractivity contribution >= 4 is 60.2 Å². The van der Waals surface area contributed by atoms with Crippen molar-refractivity contribution in [1.29, 1.82) is 21.6 Å². The van der Waals surface area contributed by atoms with Crippen molar-refractivity contribution in [3.05, 3.63) is 138 Å². The number of nitrogens with one attached hydrogen (secondary N) is 4. The van der Waals surface area contributed by atoms with E-state index >= 15 is 0 Å². The van der Waals surface area contributed by atoms with Gasteiger partial charge in [-0.05, 0) is 77.7 Å². The summed E-state index contributed by atoms with van der Waals surface area (Å²) in [5, 5.41) is 37.8. The van der Waals surface area contributed by atoms with E-state index in [2.05, 4.69) is 29.3 Å². The van der Waals surface area contributed by atoms with Crippen LogP contribution in [-0.4, -0.2) is 36.9 Å². The Labute approximate surface area is 265 Å². The van der Waals surface area contributed by atoms with Crippen LogP contribution in [0.3, 0.4) is 0 Å². The van der Waals surface area contributed by atoms with Gasteiger partial charge in [0.25, 0.3) is 0 Å². The van der Waals surface area contributed by atoms with Crippen molar-refractivity contribution in [3.63, 3.8) is 0 Å². The molecule has 8 heteroatoms. The van der Waals surface area contributed by atoms with Gasteiger partial charge in [-0.15, -0.1) is 0 Å². The van der Waals surface area contributed by atoms with Crippen LogP contribution in [0.5, 0.6) is 0 Å². The Bertz CT molecular complexity index is 1920. The van der Waals surface area contributed by atoms with Crippen LogP contribution in [0.1, 0.15) is 36.1 Å². The van der Waals surface area contributed by atoms with Crippen molar-refractivity contribution in [2.24, 2.45) is 4.99 Å². The molecule has 216 valence electrons. The van der Waals surface area contributed by atoms with Crippen LogP contribution in [-0.2, 0) is 0 Å². The van der Waals surface area contributed by atoms with Crippen LogP contribution in [0.15, 0.2) is 126 Å². The number of pyridine rings is 1. The van der Waals surface area contributed by atoms with Crippen molar-refractivity contribution < 1.29 is 0 Å². The zero-order valence-corrected chi connectivity index (χ0v) is 25.5. The topological polar surface area (TPSA) is 121 Å². The summed E-state index contributed by atoms with van der Waals surface area (Å²) in [4.78, 5) is 9.47. The quantitative estimate of drug-likeness (QED) is 0.129. The van der Waals surface area contributed by atoms with Crippen molar-refractivity contribution in [2.45, 2.75) is 25.3 Å². The van der Waals surface area contributed by atoms with E-state index in [9.17, 15) is 0 Å². The second-order valence-electron chi connectivity index (χ2n) is 10.4. The Hall–Kier alpha value is -4.66. The number of aliphatic imine (C=N–C) groups is 1. The van der Waals surface area contributed by atoms with Gasteiger partial charge in [0.2, 0.25) is 0 Å². The number of dihydropyridines is 1. The minimum Gasteiger partial charge on any atom is -0.296 e. The number of fused-ring (bicyclic) bond motifs is 1. The smallest absolute Gasteiger partial charge is 0.119 e. The highest BCUT2D eigenvalue weighted by molar-refractivity contribution is 8.27. The largest absolute Gasteiger partial charge is 0.296 e. The average Bonchev–Trinajstić information content (AvgIpc) is 3.08. The number of nitrogens with zero attached hydrogens (tertiary/aromatic N) is 2. The van der Waals surface area contributed by atoms with Crippen molar-refractivity contribution in [3.8, 4) is 11.3 Å². The Morgan fingerprint density at radius 2 is 1.43 bits per heavy atom. The number of thioether (sulfide) groups is 2. The molecule has 1 unspecified atom stereocenters. The third-order valence-electron chi connectivity index (χ3n) is 7.36. The first-order valence-corrected chi connectivity index (χ1v) is 16.0. The average molecular weight is 611 g/mol. The summed E-state index contributed by atoms with van der Waals surface area (Å²) in [5.74, 6) is 0. The van der Waals surface area contributed by atoms with E-state index in [1.165, 1.54) is 0 Å². The molecule has 0 fully saturated rings. The van der Waals surface area contributed by atoms with Crippen LogP contribution in [0.4, 0.5) is 0 Å². The van der Waals surface area contributed by atoms with E-state index < -0.39 is 0 Å². The van der Waals surface area contributed by atoms with Gasteiger partial charge in [0, 0.05) is 16.7 Å². The lowest BCUT2D eigenvalue weighted by Gasteiger charge is -2.18. The number of allylic oxidation sites excluding steroid dienone is 5. The van der Waals surface area contributed by atoms with E-state index in [4.69, 9.17) is 26.6 Å². The van der Waals surface area contributed by atoms with Gasteiger partial charge in [-0.1, -0.05) is 96.7 Å². The van der Waals surface area contributed by atoms with Gasteiger partial charge < -0.3 is 0 Å². The molecule has 1 aromatic heterocycles. The zero-order chi connectivity index (χ0) is 30.5. The molecule has 1 aliphatic carbocycles. The van der Waals surface area contributed by atoms with Gasteiger partial charge in [0.05, 0.1) is 22.1 Å². The maximum atomic E-state index is 8.76. The minimum atomic E-state index is -0.292. The van der Waals surface area contributed by atoms with Gasteiger partial charge in [-0.3, -0.25) is 26.6 Å². The summed E-state index contributed by atoms with van der Waals surface area (Å²) in [6.07, 6.45) is 13.2. The number of benzene rings is 3. The van der Waals surface area contributed by atoms with E-state index in [1.807, 2.05) is 84.9 Å². The molecule has 3 aromatic carbocycles. The molecule has 0 spiro atoms. The molecule has 0 saturated carbocycles. The van der Waals surface area contributed by atoms with Gasteiger partial charge in [0.15, 0.2) is 0 Å². The highest BCUT2D eigenvalue weighted by Gasteiger charge is 2.20. The van der Waals surface area contributed by atoms with Gasteiger partial charge >= 0.3 is 0 Å². The molecule has 6 rings (SSSR count). The Morgan fingerprint density at radius 3 is 2.16 bits per heavy atom. The predicted octanol–water partition coefficient (Wildman–Crippen LogP) is 9.07. The maximum Gasteiger partial charge on any atom is 0.119 e. The molecular weight excluding hydrogens is 581 g/mol. The fourth-order valence-electron chi connectivity index (χ4n) is 5.02. The second-order valence-corrected chi connectivity index (χ2v) is 12.5. The fraction of sp³-hybridized carbons (Fsp3) is 0.111. The van der Waals surface area contributed by atoms with Gasteiger partial charge in [-0.2, -0.15) is 0 Å². The van der Waals surface area contributed by atoms with Crippen molar-refractivity contribution in [1.82, 2.24) is 4.98 Å². The third kappa shape index (κ3) is 6.77. The first-order chi connectivity index (χ1) is 21.4. The fourth-order valence-corrected chi connectivity index (χ4v) is 6.44. The number of hydrogen-bond acceptors (Lipinski definition) is 8. The molecule has 1 atom stereocenters. The lowest BCUT2D eigenvalue weighted by Crippen LogP contribution is -2.21. The molecule has 2 heterocycles. The number of rotatable bonds is 6. The molecule has 4 N–H and O–H groups in total. The predicted molar refractivity (Wildman–Crippen MR) is 188 cm³/mol. The minimum absolute atomic E-state index is 0.206. The first-order valence-electron chi connectivity index (χ1n) is 14.3. The lowest BCUT2D eigenvalue weighted by atomic mass is 9.99. The van der Waals surface area contributed by atoms with Crippen LogP contribution in [0, 0.1) is 21.6 Å². The monoisotopic (exact) mass is 610 g/mol. The molecule has 0 radical (unpaired) electrons. The summed E-state index contributed by atoms with van der Waals surface area (Å²) in [6.45, 7) is 0. The molecule has 44 heavy (non-hydrogen) atoms. The Kier molecular flexibility index (Phi) is 8.91. The lowest BCUT2D eigenvalue weighted by molar-refractivity contribution is 0.873. The van der Waals surface area contributed by atoms with Gasteiger partial charge in [-0.25, -0.2) is 4.98 Å². The summed E-state index contributed by atoms with van der Waals surface area (Å²) >= 11 is 2.21. The molecule has 0 saturated heterocycles. The van der Waals surface area contributed by atoms with Crippen LogP contribution < -0.4 is 0 Å². The van der Waals surface area contributed by atoms with E-state index in [0.717, 1.165) is 69.7 Å². The van der Waals surface area contributed by atoms with E-state index in [-0.39, 0.29) is 16.1 Å². The van der Waals surface area contributed by atoms with Crippen LogP contribution in [0.2, 0.25) is 0 Å². The number of hydrogen-bond donors (Lipinski definition) is 4. The third-order valence-corrected chi connectivity index (χ3v) is 9.14. The SMILES string of the molecule is N=C(SC(=N)c1cccc(-c2ccccc2)n1)c1ccc2ccc(C(=N)SC(=N)C3CC=CC(C4=CCCC=C4)=N3)cc2c1. The first kappa shape index (κ1) is 29.4. The molecule has 0 amide bonds. The Morgan fingerprint density at radius 1 is 0.682 bits per heavy atom. The molecule has 4 aromatic rings. The van der Waals surface area contributed by atoms with E-state index in [1.54, 1.807) is 6.07 Å². The molecule has 0 bridgehead atoms. The van der Waals surface area contributed by atoms with Crippen LogP contribution >= 0.6 is 23.5 Å². The van der Waals surface area contributed by atoms with Crippen molar-refractivity contribution in [2.75, 3.05) is 0 Å². The second kappa shape index (κ2) is 13.3. The molecule has 2 aliphatic rings. The molecule has 6 nitrogen and oxygen atoms in total.